The maximum Gasteiger partial charge on any atom is 0.191 e. The molecule has 0 radical (unpaired) electrons. The van der Waals surface area contributed by atoms with E-state index >= 15 is 0 Å². The van der Waals surface area contributed by atoms with Gasteiger partial charge in [-0.2, -0.15) is 0 Å². The van der Waals surface area contributed by atoms with E-state index < -0.39 is 0 Å². The summed E-state index contributed by atoms with van der Waals surface area (Å²) in [6.07, 6.45) is 9.50. The summed E-state index contributed by atoms with van der Waals surface area (Å²) in [5.41, 5.74) is 2.55. The van der Waals surface area contributed by atoms with E-state index in [1.54, 1.807) is 18.7 Å². The minimum atomic E-state index is 0. The molecule has 1 aromatic carbocycles. The highest BCUT2D eigenvalue weighted by Crippen LogP contribution is 2.48. The van der Waals surface area contributed by atoms with Crippen LogP contribution in [0.25, 0.3) is 5.82 Å². The number of aliphatic imine (C=N–C) groups is 1. The summed E-state index contributed by atoms with van der Waals surface area (Å²) < 4.78 is 1.89. The van der Waals surface area contributed by atoms with Gasteiger partial charge in [-0.05, 0) is 55.2 Å². The first-order valence-corrected chi connectivity index (χ1v) is 10.3. The predicted octanol–water partition coefficient (Wildman–Crippen LogP) is 4.33. The molecule has 1 aliphatic carbocycles. The zero-order valence-electron chi connectivity index (χ0n) is 16.9. The van der Waals surface area contributed by atoms with Gasteiger partial charge in [0.15, 0.2) is 5.96 Å². The average molecular weight is 537 g/mol. The summed E-state index contributed by atoms with van der Waals surface area (Å²) in [7, 11) is 0. The van der Waals surface area contributed by atoms with Crippen LogP contribution in [0.15, 0.2) is 66.3 Å². The van der Waals surface area contributed by atoms with Crippen LogP contribution in [0.2, 0.25) is 5.02 Å². The first kappa shape index (κ1) is 22.6. The van der Waals surface area contributed by atoms with Gasteiger partial charge in [0.25, 0.3) is 0 Å². The molecule has 0 saturated heterocycles. The molecule has 6 nitrogen and oxygen atoms in total. The Labute approximate surface area is 199 Å². The SMILES string of the molecule is CCNC(=NCc1ccnc(-n2ccnc2)c1)NCC1(c2cccc(Cl)c2)CC1.I. The summed E-state index contributed by atoms with van der Waals surface area (Å²) in [6.45, 7) is 4.30. The van der Waals surface area contributed by atoms with E-state index in [-0.39, 0.29) is 29.4 Å². The van der Waals surface area contributed by atoms with Crippen molar-refractivity contribution in [1.82, 2.24) is 25.2 Å². The van der Waals surface area contributed by atoms with Gasteiger partial charge in [0.2, 0.25) is 0 Å². The number of hydrogen-bond acceptors (Lipinski definition) is 3. The number of aromatic nitrogens is 3. The Bertz CT molecular complexity index is 985. The summed E-state index contributed by atoms with van der Waals surface area (Å²) in [6, 6.07) is 12.2. The van der Waals surface area contributed by atoms with Gasteiger partial charge >= 0.3 is 0 Å². The molecule has 4 rings (SSSR count). The minimum absolute atomic E-state index is 0. The van der Waals surface area contributed by atoms with Gasteiger partial charge in [-0.25, -0.2) is 15.0 Å². The van der Waals surface area contributed by atoms with Crippen LogP contribution in [0.1, 0.15) is 30.9 Å². The zero-order valence-corrected chi connectivity index (χ0v) is 20.0. The highest BCUT2D eigenvalue weighted by Gasteiger charge is 2.44. The second kappa shape index (κ2) is 10.3. The quantitative estimate of drug-likeness (QED) is 0.268. The van der Waals surface area contributed by atoms with Gasteiger partial charge in [-0.3, -0.25) is 4.57 Å². The predicted molar refractivity (Wildman–Crippen MR) is 132 cm³/mol. The summed E-state index contributed by atoms with van der Waals surface area (Å²) in [5, 5.41) is 7.65. The van der Waals surface area contributed by atoms with E-state index in [1.165, 1.54) is 18.4 Å². The zero-order chi connectivity index (χ0) is 20.1. The molecule has 0 spiro atoms. The fraction of sp³-hybridized carbons (Fsp3) is 0.318. The van der Waals surface area contributed by atoms with Crippen LogP contribution in [-0.2, 0) is 12.0 Å². The molecule has 158 valence electrons. The third-order valence-electron chi connectivity index (χ3n) is 5.23. The number of benzene rings is 1. The Balaban J connectivity index is 0.00000256. The topological polar surface area (TPSA) is 67.1 Å². The molecule has 2 heterocycles. The Morgan fingerprint density at radius 3 is 2.77 bits per heavy atom. The number of guanidine groups is 1. The van der Waals surface area contributed by atoms with Gasteiger partial charge < -0.3 is 10.6 Å². The van der Waals surface area contributed by atoms with Crippen molar-refractivity contribution in [3.63, 3.8) is 0 Å². The van der Waals surface area contributed by atoms with E-state index in [4.69, 9.17) is 16.6 Å². The van der Waals surface area contributed by atoms with Crippen LogP contribution >= 0.6 is 35.6 Å². The number of rotatable bonds is 7. The number of imidazole rings is 1. The summed E-state index contributed by atoms with van der Waals surface area (Å²) in [4.78, 5) is 13.2. The molecule has 0 amide bonds. The van der Waals surface area contributed by atoms with Gasteiger partial charge in [-0.1, -0.05) is 23.7 Å². The fourth-order valence-corrected chi connectivity index (χ4v) is 3.59. The van der Waals surface area contributed by atoms with Crippen molar-refractivity contribution >= 4 is 41.5 Å². The lowest BCUT2D eigenvalue weighted by molar-refractivity contribution is 0.646. The standard InChI is InChI=1S/C22H25ClN6.HI/c1-2-25-21(28-15-22(7-8-22)18-4-3-5-19(23)13-18)27-14-17-6-9-26-20(12-17)29-11-10-24-16-29;/h3-6,9-13,16H,2,7-8,14-15H2,1H3,(H2,25,27,28);1H. The lowest BCUT2D eigenvalue weighted by Gasteiger charge is -2.19. The van der Waals surface area contributed by atoms with Gasteiger partial charge in [0, 0.05) is 42.1 Å². The average Bonchev–Trinajstić information content (AvgIpc) is 3.33. The molecule has 2 aromatic heterocycles. The summed E-state index contributed by atoms with van der Waals surface area (Å²) in [5.74, 6) is 1.66. The maximum absolute atomic E-state index is 6.19. The molecular weight excluding hydrogens is 511 g/mol. The number of halogens is 2. The largest absolute Gasteiger partial charge is 0.357 e. The number of nitrogens with zero attached hydrogens (tertiary/aromatic N) is 4. The molecular formula is C22H26ClIN6. The van der Waals surface area contributed by atoms with Crippen LogP contribution in [0.4, 0.5) is 0 Å². The molecule has 30 heavy (non-hydrogen) atoms. The Morgan fingerprint density at radius 1 is 1.20 bits per heavy atom. The third kappa shape index (κ3) is 5.51. The van der Waals surface area contributed by atoms with Crippen molar-refractivity contribution in [2.45, 2.75) is 31.7 Å². The normalized spacial score (nSPS) is 14.7. The van der Waals surface area contributed by atoms with Crippen molar-refractivity contribution in [1.29, 1.82) is 0 Å². The van der Waals surface area contributed by atoms with E-state index in [9.17, 15) is 0 Å². The monoisotopic (exact) mass is 536 g/mol. The van der Waals surface area contributed by atoms with E-state index in [2.05, 4.69) is 39.7 Å². The summed E-state index contributed by atoms with van der Waals surface area (Å²) >= 11 is 6.19. The molecule has 2 N–H and O–H groups in total. The van der Waals surface area contributed by atoms with E-state index in [0.29, 0.717) is 6.54 Å². The van der Waals surface area contributed by atoms with Crippen molar-refractivity contribution in [3.05, 3.63) is 77.5 Å². The van der Waals surface area contributed by atoms with Gasteiger partial charge in [0.1, 0.15) is 12.1 Å². The molecule has 3 aromatic rings. The second-order valence-corrected chi connectivity index (χ2v) is 7.77. The van der Waals surface area contributed by atoms with Crippen molar-refractivity contribution in [2.75, 3.05) is 13.1 Å². The molecule has 0 bridgehead atoms. The molecule has 0 atom stereocenters. The van der Waals surface area contributed by atoms with Gasteiger partial charge in [0.05, 0.1) is 6.54 Å². The van der Waals surface area contributed by atoms with E-state index in [1.807, 2.05) is 35.0 Å². The molecule has 1 fully saturated rings. The first-order valence-electron chi connectivity index (χ1n) is 9.90. The molecule has 8 heteroatoms. The van der Waals surface area contributed by atoms with Crippen LogP contribution in [0, 0.1) is 0 Å². The second-order valence-electron chi connectivity index (χ2n) is 7.33. The van der Waals surface area contributed by atoms with Gasteiger partial charge in [-0.15, -0.1) is 24.0 Å². The minimum Gasteiger partial charge on any atom is -0.357 e. The Morgan fingerprint density at radius 2 is 2.07 bits per heavy atom. The van der Waals surface area contributed by atoms with Crippen LogP contribution in [0.3, 0.4) is 0 Å². The lowest BCUT2D eigenvalue weighted by Crippen LogP contribution is -2.41. The number of pyridine rings is 1. The maximum atomic E-state index is 6.19. The lowest BCUT2D eigenvalue weighted by atomic mass is 9.96. The van der Waals surface area contributed by atoms with Crippen LogP contribution in [-0.4, -0.2) is 33.6 Å². The smallest absolute Gasteiger partial charge is 0.191 e. The molecule has 1 aliphatic rings. The Kier molecular flexibility index (Phi) is 7.71. The number of nitrogens with one attached hydrogen (secondary N) is 2. The van der Waals surface area contributed by atoms with Crippen molar-refractivity contribution in [3.8, 4) is 5.82 Å². The van der Waals surface area contributed by atoms with Crippen LogP contribution in [0.5, 0.6) is 0 Å². The van der Waals surface area contributed by atoms with Crippen molar-refractivity contribution in [2.24, 2.45) is 4.99 Å². The highest BCUT2D eigenvalue weighted by molar-refractivity contribution is 14.0. The van der Waals surface area contributed by atoms with E-state index in [0.717, 1.165) is 35.5 Å². The molecule has 0 aliphatic heterocycles. The third-order valence-corrected chi connectivity index (χ3v) is 5.46. The Hall–Kier alpha value is -2.13. The fourth-order valence-electron chi connectivity index (χ4n) is 3.40. The molecule has 0 unspecified atom stereocenters. The highest BCUT2D eigenvalue weighted by atomic mass is 127. The number of hydrogen-bond donors (Lipinski definition) is 2. The van der Waals surface area contributed by atoms with Crippen molar-refractivity contribution < 1.29 is 0 Å². The van der Waals surface area contributed by atoms with Crippen LogP contribution < -0.4 is 10.6 Å². The first-order chi connectivity index (χ1) is 14.2. The molecule has 1 saturated carbocycles.